The number of ether oxygens (including phenoxy) is 1. The molecule has 1 fully saturated rings. The first-order valence-corrected chi connectivity index (χ1v) is 7.71. The molecule has 1 aromatic carbocycles. The van der Waals surface area contributed by atoms with Gasteiger partial charge in [0, 0.05) is 24.0 Å². The zero-order valence-electron chi connectivity index (χ0n) is 12.0. The number of methoxy groups -OCH3 is 1. The largest absolute Gasteiger partial charge is 0.496 e. The highest BCUT2D eigenvalue weighted by molar-refractivity contribution is 6.17. The van der Waals surface area contributed by atoms with Crippen LogP contribution in [0.3, 0.4) is 0 Å². The molecule has 106 valence electrons. The average molecular weight is 282 g/mol. The van der Waals surface area contributed by atoms with Crippen molar-refractivity contribution in [3.8, 4) is 5.75 Å². The molecule has 0 aromatic heterocycles. The van der Waals surface area contributed by atoms with Gasteiger partial charge in [-0.25, -0.2) is 0 Å². The molecule has 1 aliphatic rings. The molecule has 0 amide bonds. The molecule has 0 heterocycles. The van der Waals surface area contributed by atoms with Crippen LogP contribution in [-0.4, -0.2) is 30.5 Å². The van der Waals surface area contributed by atoms with Crippen molar-refractivity contribution in [3.05, 3.63) is 29.3 Å². The molecule has 0 unspecified atom stereocenters. The van der Waals surface area contributed by atoms with Crippen LogP contribution < -0.4 is 4.74 Å². The van der Waals surface area contributed by atoms with E-state index in [9.17, 15) is 0 Å². The summed E-state index contributed by atoms with van der Waals surface area (Å²) in [5.41, 5.74) is 2.59. The Labute approximate surface area is 121 Å². The van der Waals surface area contributed by atoms with E-state index < -0.39 is 0 Å². The molecule has 1 aromatic rings. The molecule has 0 N–H and O–H groups in total. The van der Waals surface area contributed by atoms with Crippen LogP contribution in [0.5, 0.6) is 5.75 Å². The Balaban J connectivity index is 2.08. The van der Waals surface area contributed by atoms with Gasteiger partial charge in [-0.15, -0.1) is 11.6 Å². The summed E-state index contributed by atoms with van der Waals surface area (Å²) in [6.45, 7) is 4.20. The number of aryl methyl sites for hydroxylation is 1. The monoisotopic (exact) mass is 281 g/mol. The maximum Gasteiger partial charge on any atom is 0.123 e. The van der Waals surface area contributed by atoms with Crippen molar-refractivity contribution in [2.24, 2.45) is 0 Å². The summed E-state index contributed by atoms with van der Waals surface area (Å²) < 4.78 is 5.48. The Morgan fingerprint density at radius 1 is 1.37 bits per heavy atom. The molecule has 0 saturated heterocycles. The van der Waals surface area contributed by atoms with Crippen LogP contribution >= 0.6 is 11.6 Å². The number of rotatable bonds is 7. The van der Waals surface area contributed by atoms with E-state index in [1.807, 2.05) is 0 Å². The molecule has 0 bridgehead atoms. The van der Waals surface area contributed by atoms with Gasteiger partial charge in [-0.3, -0.25) is 4.90 Å². The second-order valence-corrected chi connectivity index (χ2v) is 5.79. The molecule has 2 rings (SSSR count). The van der Waals surface area contributed by atoms with Crippen molar-refractivity contribution in [2.75, 3.05) is 19.5 Å². The normalized spacial score (nSPS) is 15.6. The predicted molar refractivity (Wildman–Crippen MR) is 81.1 cm³/mol. The van der Waals surface area contributed by atoms with Crippen molar-refractivity contribution < 1.29 is 4.74 Å². The first-order valence-electron chi connectivity index (χ1n) is 7.18. The van der Waals surface area contributed by atoms with Crippen LogP contribution in [0, 0.1) is 6.92 Å². The van der Waals surface area contributed by atoms with Crippen LogP contribution in [0.25, 0.3) is 0 Å². The minimum Gasteiger partial charge on any atom is -0.496 e. The highest BCUT2D eigenvalue weighted by Gasteiger charge is 2.25. The Morgan fingerprint density at radius 3 is 2.74 bits per heavy atom. The van der Waals surface area contributed by atoms with E-state index in [2.05, 4.69) is 30.0 Å². The first-order chi connectivity index (χ1) is 9.24. The minimum absolute atomic E-state index is 0.744. The van der Waals surface area contributed by atoms with Gasteiger partial charge in [-0.05, 0) is 38.8 Å². The van der Waals surface area contributed by atoms with Gasteiger partial charge in [-0.1, -0.05) is 24.1 Å². The molecule has 1 aliphatic carbocycles. The van der Waals surface area contributed by atoms with Crippen LogP contribution in [0.1, 0.15) is 36.8 Å². The highest BCUT2D eigenvalue weighted by atomic mass is 35.5. The molecule has 0 radical (unpaired) electrons. The average Bonchev–Trinajstić information content (AvgIpc) is 2.34. The third kappa shape index (κ3) is 3.87. The van der Waals surface area contributed by atoms with Crippen LogP contribution in [0.15, 0.2) is 18.2 Å². The van der Waals surface area contributed by atoms with Gasteiger partial charge in [0.1, 0.15) is 5.75 Å². The van der Waals surface area contributed by atoms with Crippen LogP contribution in [0.2, 0.25) is 0 Å². The van der Waals surface area contributed by atoms with Gasteiger partial charge in [0.15, 0.2) is 0 Å². The fraction of sp³-hybridized carbons (Fsp3) is 0.625. The van der Waals surface area contributed by atoms with Crippen LogP contribution in [0.4, 0.5) is 0 Å². The highest BCUT2D eigenvalue weighted by Crippen LogP contribution is 2.29. The molecule has 0 spiro atoms. The quantitative estimate of drug-likeness (QED) is 0.701. The number of hydrogen-bond acceptors (Lipinski definition) is 2. The van der Waals surface area contributed by atoms with Crippen molar-refractivity contribution in [1.82, 2.24) is 4.90 Å². The summed E-state index contributed by atoms with van der Waals surface area (Å²) in [5.74, 6) is 1.74. The number of halogens is 1. The van der Waals surface area contributed by atoms with E-state index in [1.165, 1.54) is 30.4 Å². The van der Waals surface area contributed by atoms with E-state index in [-0.39, 0.29) is 0 Å². The number of benzene rings is 1. The van der Waals surface area contributed by atoms with Gasteiger partial charge in [0.25, 0.3) is 0 Å². The summed E-state index contributed by atoms with van der Waals surface area (Å²) in [7, 11) is 1.75. The molecule has 1 saturated carbocycles. The summed E-state index contributed by atoms with van der Waals surface area (Å²) in [6, 6.07) is 7.17. The summed E-state index contributed by atoms with van der Waals surface area (Å²) in [6.07, 6.45) is 5.09. The van der Waals surface area contributed by atoms with E-state index >= 15 is 0 Å². The van der Waals surface area contributed by atoms with Gasteiger partial charge in [-0.2, -0.15) is 0 Å². The molecule has 0 atom stereocenters. The zero-order chi connectivity index (χ0) is 13.7. The second kappa shape index (κ2) is 7.16. The van der Waals surface area contributed by atoms with Crippen molar-refractivity contribution in [3.63, 3.8) is 0 Å². The van der Waals surface area contributed by atoms with E-state index in [4.69, 9.17) is 16.3 Å². The third-order valence-corrected chi connectivity index (χ3v) is 4.25. The lowest BCUT2D eigenvalue weighted by Gasteiger charge is -2.38. The molecule has 0 aliphatic heterocycles. The molecular formula is C16H24ClNO. The summed E-state index contributed by atoms with van der Waals surface area (Å²) >= 11 is 5.85. The smallest absolute Gasteiger partial charge is 0.123 e. The zero-order valence-corrected chi connectivity index (χ0v) is 12.7. The van der Waals surface area contributed by atoms with Gasteiger partial charge in [0.2, 0.25) is 0 Å². The predicted octanol–water partition coefficient (Wildman–Crippen LogP) is 3.99. The molecule has 2 nitrogen and oxygen atoms in total. The lowest BCUT2D eigenvalue weighted by atomic mass is 9.91. The van der Waals surface area contributed by atoms with E-state index in [0.29, 0.717) is 0 Å². The summed E-state index contributed by atoms with van der Waals surface area (Å²) in [4.78, 5) is 2.57. The Kier molecular flexibility index (Phi) is 5.53. The molecule has 3 heteroatoms. The van der Waals surface area contributed by atoms with Gasteiger partial charge >= 0.3 is 0 Å². The topological polar surface area (TPSA) is 12.5 Å². The fourth-order valence-corrected chi connectivity index (χ4v) is 2.77. The Hall–Kier alpha value is -0.730. The maximum absolute atomic E-state index is 5.85. The summed E-state index contributed by atoms with van der Waals surface area (Å²) in [5, 5.41) is 0. The lowest BCUT2D eigenvalue weighted by molar-refractivity contribution is 0.119. The molecular weight excluding hydrogens is 258 g/mol. The van der Waals surface area contributed by atoms with Gasteiger partial charge in [0.05, 0.1) is 7.11 Å². The van der Waals surface area contributed by atoms with E-state index in [1.54, 1.807) is 7.11 Å². The van der Waals surface area contributed by atoms with E-state index in [0.717, 1.165) is 37.2 Å². The van der Waals surface area contributed by atoms with Crippen molar-refractivity contribution >= 4 is 11.6 Å². The van der Waals surface area contributed by atoms with Crippen molar-refractivity contribution in [2.45, 2.75) is 45.2 Å². The van der Waals surface area contributed by atoms with Crippen molar-refractivity contribution in [1.29, 1.82) is 0 Å². The standard InChI is InChI=1S/C16H24ClNO/c1-13-7-8-16(19-2)14(11-13)12-18(10-4-9-17)15-5-3-6-15/h7-8,11,15H,3-6,9-10,12H2,1-2H3. The lowest BCUT2D eigenvalue weighted by Crippen LogP contribution is -2.40. The Morgan fingerprint density at radius 2 is 2.16 bits per heavy atom. The molecule has 19 heavy (non-hydrogen) atoms. The Bertz CT molecular complexity index is 404. The number of alkyl halides is 1. The second-order valence-electron chi connectivity index (χ2n) is 5.41. The maximum atomic E-state index is 5.85. The van der Waals surface area contributed by atoms with Crippen LogP contribution in [-0.2, 0) is 6.54 Å². The SMILES string of the molecule is COc1ccc(C)cc1CN(CCCCl)C1CCC1. The first kappa shape index (κ1) is 14.7. The number of hydrogen-bond donors (Lipinski definition) is 0. The van der Waals surface area contributed by atoms with Gasteiger partial charge < -0.3 is 4.74 Å². The number of nitrogens with zero attached hydrogens (tertiary/aromatic N) is 1. The third-order valence-electron chi connectivity index (χ3n) is 3.98. The minimum atomic E-state index is 0.744. The fourth-order valence-electron chi connectivity index (χ4n) is 2.66.